The van der Waals surface area contributed by atoms with E-state index >= 15 is 0 Å². The van der Waals surface area contributed by atoms with Crippen LogP contribution in [-0.4, -0.2) is 200 Å². The number of nitrogens with one attached hydrogen (secondary N) is 1. The summed E-state index contributed by atoms with van der Waals surface area (Å²) in [5.41, 5.74) is -0.495. The summed E-state index contributed by atoms with van der Waals surface area (Å²) in [6.45, 7) is 14.1. The summed E-state index contributed by atoms with van der Waals surface area (Å²) in [4.78, 5) is 14.0. The molecule has 5 aliphatic carbocycles. The number of allylic oxidation sites excluding steroid dienone is 2. The highest BCUT2D eigenvalue weighted by Crippen LogP contribution is 2.76. The van der Waals surface area contributed by atoms with Crippen molar-refractivity contribution in [2.24, 2.45) is 50.2 Å². The fourth-order valence-electron chi connectivity index (χ4n) is 16.2. The molecular formula is C55H85NO19. The molecule has 20 nitrogen and oxygen atoms in total. The van der Waals surface area contributed by atoms with Gasteiger partial charge in [-0.15, -0.1) is 0 Å². The molecule has 12 N–H and O–H groups in total. The Morgan fingerprint density at radius 2 is 1.31 bits per heavy atom. The number of anilines is 1. The topological polar surface area (TPSA) is 316 Å². The number of para-hydroxylation sites is 1. The van der Waals surface area contributed by atoms with E-state index in [0.717, 1.165) is 32.1 Å². The first-order valence-electron chi connectivity index (χ1n) is 27.1. The maximum absolute atomic E-state index is 14.0. The van der Waals surface area contributed by atoms with Crippen LogP contribution in [-0.2, 0) is 33.2 Å². The maximum atomic E-state index is 14.0. The predicted octanol–water partition coefficient (Wildman–Crippen LogP) is 1.10. The lowest BCUT2D eigenvalue weighted by molar-refractivity contribution is -0.348. The van der Waals surface area contributed by atoms with Crippen LogP contribution < -0.4 is 5.32 Å². The zero-order valence-electron chi connectivity index (χ0n) is 44.6. The lowest BCUT2D eigenvalue weighted by atomic mass is 9.33. The normalized spacial score (nSPS) is 49.2. The van der Waals surface area contributed by atoms with Crippen LogP contribution in [0.5, 0.6) is 0 Å². The van der Waals surface area contributed by atoms with Gasteiger partial charge in [0.2, 0.25) is 0 Å². The molecule has 1 aromatic carbocycles. The number of carbonyl (C=O) groups is 1. The molecule has 0 amide bonds. The molecule has 1 aromatic rings. The second-order valence-corrected chi connectivity index (χ2v) is 25.5. The number of aliphatic hydroxyl groups is 11. The number of hydrogen-bond donors (Lipinski definition) is 12. The third kappa shape index (κ3) is 9.43. The van der Waals surface area contributed by atoms with E-state index in [9.17, 15) is 61.0 Å². The van der Waals surface area contributed by atoms with Gasteiger partial charge in [-0.2, -0.15) is 0 Å². The highest BCUT2D eigenvalue weighted by Gasteiger charge is 2.72. The number of aliphatic hydroxyl groups excluding tert-OH is 11. The van der Waals surface area contributed by atoms with E-state index in [1.165, 1.54) is 5.57 Å². The largest absolute Gasteiger partial charge is 0.458 e. The highest BCUT2D eigenvalue weighted by molar-refractivity contribution is 5.95. The Bertz CT molecular complexity index is 2230. The number of rotatable bonds is 12. The van der Waals surface area contributed by atoms with Crippen LogP contribution in [0.25, 0.3) is 0 Å². The molecule has 424 valence electrons. The fourth-order valence-corrected chi connectivity index (χ4v) is 16.2. The summed E-state index contributed by atoms with van der Waals surface area (Å²) < 4.78 is 41.6. The van der Waals surface area contributed by atoms with Gasteiger partial charge >= 0.3 is 5.97 Å². The van der Waals surface area contributed by atoms with Gasteiger partial charge in [-0.25, -0.2) is 4.79 Å². The van der Waals surface area contributed by atoms with Crippen molar-refractivity contribution >= 4 is 11.7 Å². The lowest BCUT2D eigenvalue weighted by Gasteiger charge is -2.72. The molecular weight excluding hydrogens is 979 g/mol. The van der Waals surface area contributed by atoms with Gasteiger partial charge in [-0.3, -0.25) is 0 Å². The second kappa shape index (κ2) is 20.9. The smallest absolute Gasteiger partial charge is 0.340 e. The van der Waals surface area contributed by atoms with Gasteiger partial charge in [0.1, 0.15) is 73.2 Å². The van der Waals surface area contributed by atoms with Gasteiger partial charge in [0.05, 0.1) is 49.6 Å². The first-order chi connectivity index (χ1) is 35.2. The van der Waals surface area contributed by atoms with Crippen molar-refractivity contribution in [2.75, 3.05) is 38.8 Å². The summed E-state index contributed by atoms with van der Waals surface area (Å²) in [6.07, 6.45) is -16.3. The van der Waals surface area contributed by atoms with E-state index in [1.807, 2.05) is 12.1 Å². The van der Waals surface area contributed by atoms with Crippen molar-refractivity contribution in [2.45, 2.75) is 204 Å². The van der Waals surface area contributed by atoms with Crippen LogP contribution in [0, 0.1) is 50.2 Å². The van der Waals surface area contributed by atoms with Gasteiger partial charge in [-0.1, -0.05) is 72.2 Å². The molecule has 1 unspecified atom stereocenters. The van der Waals surface area contributed by atoms with Crippen molar-refractivity contribution in [3.63, 3.8) is 0 Å². The van der Waals surface area contributed by atoms with Gasteiger partial charge in [0, 0.05) is 12.7 Å². The summed E-state index contributed by atoms with van der Waals surface area (Å²) in [6, 6.07) is 7.18. The number of hydrogen-bond acceptors (Lipinski definition) is 20. The molecule has 0 bridgehead atoms. The lowest BCUT2D eigenvalue weighted by Crippen LogP contribution is -2.69. The fraction of sp³-hybridized carbons (Fsp3) is 0.836. The van der Waals surface area contributed by atoms with Crippen molar-refractivity contribution in [3.8, 4) is 0 Å². The average Bonchev–Trinajstić information content (AvgIpc) is 3.37. The highest BCUT2D eigenvalue weighted by atomic mass is 16.7. The standard InChI is InChI=1S/C55H85NO19/c1-50(2)19-28-27-13-14-34-52(5)17-16-36(51(3,4)33(52)15-18-53(34,6)54(27,7)20-35(59)55(28,25-57)37(21-50)74-46(68)26-11-9-10-12-29(26)56-8)75-49-45(67)42(64)40(62)32(73-49)24-71-48-44(66)41(63)39(61)31(72-48)23-70-47-43(65)38(60)30(58)22-69-47/h9-13,28,30-45,47-49,56-67H,14-25H2,1-8H3/t28?,30-,31-,32-,33+,34-,35+,36+,37+,38+,39-,40-,41+,42+,43-,44-,45-,47+,48-,49+,52+,53-,54-,55+/m1/s1. The monoisotopic (exact) mass is 1060 g/mol. The second-order valence-electron chi connectivity index (χ2n) is 25.5. The number of benzene rings is 1. The number of carbonyl (C=O) groups excluding carboxylic acids is 1. The zero-order chi connectivity index (χ0) is 54.5. The molecule has 9 rings (SSSR count). The number of fused-ring (bicyclic) bond motifs is 7. The molecule has 3 saturated heterocycles. The van der Waals surface area contributed by atoms with Crippen molar-refractivity contribution in [3.05, 3.63) is 41.5 Å². The summed E-state index contributed by atoms with van der Waals surface area (Å²) in [5, 5.41) is 123. The van der Waals surface area contributed by atoms with Crippen LogP contribution in [0.3, 0.4) is 0 Å². The zero-order valence-corrected chi connectivity index (χ0v) is 44.6. The molecule has 3 aliphatic heterocycles. The Labute approximate surface area is 439 Å². The third-order valence-corrected chi connectivity index (χ3v) is 20.7. The van der Waals surface area contributed by atoms with Crippen LogP contribution in [0.4, 0.5) is 5.69 Å². The van der Waals surface area contributed by atoms with E-state index in [-0.39, 0.29) is 47.2 Å². The Balaban J connectivity index is 0.889. The Morgan fingerprint density at radius 3 is 1.96 bits per heavy atom. The maximum Gasteiger partial charge on any atom is 0.340 e. The molecule has 3 heterocycles. The first kappa shape index (κ1) is 57.2. The number of esters is 1. The first-order valence-corrected chi connectivity index (χ1v) is 27.1. The van der Waals surface area contributed by atoms with Crippen LogP contribution >= 0.6 is 0 Å². The van der Waals surface area contributed by atoms with E-state index in [1.54, 1.807) is 19.2 Å². The van der Waals surface area contributed by atoms with E-state index in [0.29, 0.717) is 30.5 Å². The Hall–Kier alpha value is -2.45. The molecule has 0 spiro atoms. The molecule has 8 aliphatic rings. The summed E-state index contributed by atoms with van der Waals surface area (Å²) in [7, 11) is 1.75. The third-order valence-electron chi connectivity index (χ3n) is 20.7. The van der Waals surface area contributed by atoms with Crippen molar-refractivity contribution in [1.82, 2.24) is 0 Å². The molecule has 0 radical (unpaired) electrons. The Morgan fingerprint density at radius 1 is 0.693 bits per heavy atom. The van der Waals surface area contributed by atoms with Gasteiger partial charge in [0.15, 0.2) is 18.9 Å². The molecule has 75 heavy (non-hydrogen) atoms. The Kier molecular flexibility index (Phi) is 15.9. The molecule has 7 fully saturated rings. The average molecular weight is 1060 g/mol. The summed E-state index contributed by atoms with van der Waals surface area (Å²) in [5.74, 6) is -0.407. The van der Waals surface area contributed by atoms with Gasteiger partial charge in [0.25, 0.3) is 0 Å². The van der Waals surface area contributed by atoms with Crippen LogP contribution in [0.1, 0.15) is 110 Å². The van der Waals surface area contributed by atoms with E-state index < -0.39 is 140 Å². The predicted molar refractivity (Wildman–Crippen MR) is 266 cm³/mol. The van der Waals surface area contributed by atoms with E-state index in [2.05, 4.69) is 59.9 Å². The SMILES string of the molecule is CNc1ccccc1C(=O)O[C@H]1CC(C)(C)CC2C3=CC[C@@H]4[C@@]5(C)CC[C@H](O[C@@H]6O[C@H](CO[C@@H]7O[C@H](CO[C@@H]8OC[C@@H](O)[C@H](O)[C@H]8O)[C@@H](O)[C@H](O)[C@H]7O)[C@@H](O)[C@H](O)[C@H]6O)C(C)(C)[C@@H]5CC[C@@]4(C)[C@]3(C)C[C@H](O)[C@]21CO. The molecule has 4 saturated carbocycles. The molecule has 24 atom stereocenters. The summed E-state index contributed by atoms with van der Waals surface area (Å²) >= 11 is 0. The molecule has 20 heteroatoms. The van der Waals surface area contributed by atoms with Crippen LogP contribution in [0.15, 0.2) is 35.9 Å². The van der Waals surface area contributed by atoms with Gasteiger partial charge in [-0.05, 0) is 108 Å². The molecule has 0 aromatic heterocycles. The number of ether oxygens (including phenoxy) is 7. The van der Waals surface area contributed by atoms with Crippen molar-refractivity contribution in [1.29, 1.82) is 0 Å². The van der Waals surface area contributed by atoms with Crippen molar-refractivity contribution < 1.29 is 94.1 Å². The minimum Gasteiger partial charge on any atom is -0.458 e. The minimum atomic E-state index is -1.79. The quantitative estimate of drug-likeness (QED) is 0.0792. The van der Waals surface area contributed by atoms with Crippen LogP contribution in [0.2, 0.25) is 0 Å². The van der Waals surface area contributed by atoms with Gasteiger partial charge < -0.3 is 94.6 Å². The van der Waals surface area contributed by atoms with E-state index in [4.69, 9.17) is 33.2 Å². The minimum absolute atomic E-state index is 0.131.